The van der Waals surface area contributed by atoms with Gasteiger partial charge in [-0.25, -0.2) is 4.39 Å². The Morgan fingerprint density at radius 2 is 2.09 bits per heavy atom. The molecule has 2 N–H and O–H groups in total. The average molecular weight is 318 g/mol. The van der Waals surface area contributed by atoms with Crippen LogP contribution >= 0.6 is 0 Å². The number of carbonyl (C=O) groups excluding carboxylic acids is 1. The summed E-state index contributed by atoms with van der Waals surface area (Å²) in [6.07, 6.45) is 0.445. The molecular weight excluding hydrogens is 299 g/mol. The maximum atomic E-state index is 13.3. The number of aromatic amines is 1. The molecule has 1 aliphatic heterocycles. The lowest BCUT2D eigenvalue weighted by molar-refractivity contribution is -0.150. The van der Waals surface area contributed by atoms with Gasteiger partial charge in [0.25, 0.3) is 5.91 Å². The van der Waals surface area contributed by atoms with Crippen molar-refractivity contribution in [2.45, 2.75) is 20.3 Å². The second kappa shape index (κ2) is 5.37. The van der Waals surface area contributed by atoms with Gasteiger partial charge in [-0.3, -0.25) is 9.59 Å². The van der Waals surface area contributed by atoms with Crippen LogP contribution in [0.1, 0.15) is 30.8 Å². The molecule has 23 heavy (non-hydrogen) atoms. The second-order valence-corrected chi connectivity index (χ2v) is 6.51. The van der Waals surface area contributed by atoms with Gasteiger partial charge in [-0.2, -0.15) is 0 Å². The number of nitrogens with one attached hydrogen (secondary N) is 1. The van der Waals surface area contributed by atoms with Crippen molar-refractivity contribution in [1.29, 1.82) is 0 Å². The molecule has 1 saturated heterocycles. The van der Waals surface area contributed by atoms with Gasteiger partial charge in [-0.1, -0.05) is 13.8 Å². The summed E-state index contributed by atoms with van der Waals surface area (Å²) in [5, 5.41) is 10.2. The Hall–Kier alpha value is -2.37. The number of hydrogen-bond acceptors (Lipinski definition) is 2. The Morgan fingerprint density at radius 3 is 2.70 bits per heavy atom. The Kier molecular flexibility index (Phi) is 3.62. The van der Waals surface area contributed by atoms with E-state index in [0.29, 0.717) is 29.6 Å². The van der Waals surface area contributed by atoms with E-state index in [1.165, 1.54) is 12.1 Å². The number of H-pyrrole nitrogens is 1. The van der Waals surface area contributed by atoms with Crippen molar-refractivity contribution in [3.05, 3.63) is 35.8 Å². The Labute approximate surface area is 133 Å². The van der Waals surface area contributed by atoms with Crippen molar-refractivity contribution in [3.8, 4) is 0 Å². The molecule has 1 fully saturated rings. The Balaban J connectivity index is 1.87. The third-order valence-electron chi connectivity index (χ3n) is 4.93. The number of carbonyl (C=O) groups is 2. The fourth-order valence-corrected chi connectivity index (χ4v) is 3.29. The largest absolute Gasteiger partial charge is 0.481 e. The molecule has 1 amide bonds. The predicted octanol–water partition coefficient (Wildman–Crippen LogP) is 2.88. The molecule has 0 bridgehead atoms. The first kappa shape index (κ1) is 15.5. The van der Waals surface area contributed by atoms with E-state index >= 15 is 0 Å². The van der Waals surface area contributed by atoms with Crippen molar-refractivity contribution in [3.63, 3.8) is 0 Å². The van der Waals surface area contributed by atoms with Crippen LogP contribution in [0, 0.1) is 17.2 Å². The first-order valence-corrected chi connectivity index (χ1v) is 7.64. The number of carboxylic acid groups (broad SMARTS) is 1. The van der Waals surface area contributed by atoms with Gasteiger partial charge in [0.15, 0.2) is 0 Å². The van der Waals surface area contributed by atoms with Crippen LogP contribution in [0.15, 0.2) is 24.3 Å². The van der Waals surface area contributed by atoms with Gasteiger partial charge >= 0.3 is 5.97 Å². The quantitative estimate of drug-likeness (QED) is 0.914. The number of hydrogen-bond donors (Lipinski definition) is 2. The maximum Gasteiger partial charge on any atom is 0.311 e. The highest BCUT2D eigenvalue weighted by molar-refractivity contribution is 5.98. The molecule has 0 radical (unpaired) electrons. The molecular formula is C17H19FN2O3. The Bertz CT molecular complexity index is 783. The number of halogens is 1. The van der Waals surface area contributed by atoms with E-state index in [-0.39, 0.29) is 24.2 Å². The van der Waals surface area contributed by atoms with Crippen molar-refractivity contribution in [1.82, 2.24) is 9.88 Å². The topological polar surface area (TPSA) is 73.4 Å². The zero-order chi connectivity index (χ0) is 16.8. The van der Waals surface area contributed by atoms with Gasteiger partial charge in [0.2, 0.25) is 0 Å². The summed E-state index contributed by atoms with van der Waals surface area (Å²) in [7, 11) is 0. The van der Waals surface area contributed by atoms with Gasteiger partial charge in [0.05, 0.1) is 5.41 Å². The molecule has 6 heteroatoms. The van der Waals surface area contributed by atoms with Gasteiger partial charge in [0.1, 0.15) is 11.5 Å². The van der Waals surface area contributed by atoms with Gasteiger partial charge in [0, 0.05) is 24.0 Å². The normalized spacial score (nSPS) is 21.3. The number of benzene rings is 1. The van der Waals surface area contributed by atoms with Crippen molar-refractivity contribution >= 4 is 22.8 Å². The lowest BCUT2D eigenvalue weighted by Crippen LogP contribution is -2.40. The molecule has 2 heterocycles. The number of nitrogens with zero attached hydrogens (tertiary/aromatic N) is 1. The smallest absolute Gasteiger partial charge is 0.311 e. The lowest BCUT2D eigenvalue weighted by Gasteiger charge is -2.28. The molecule has 2 aromatic rings. The van der Waals surface area contributed by atoms with Crippen molar-refractivity contribution < 1.29 is 19.1 Å². The molecule has 0 spiro atoms. The molecule has 1 unspecified atom stereocenters. The standard InChI is InChI=1S/C17H19FN2O3/c1-10(2)17(16(22)23)5-6-20(9-17)15(21)14-8-11-7-12(18)3-4-13(11)19-14/h3-4,7-8,10,19H,5-6,9H2,1-2H3,(H,22,23). The summed E-state index contributed by atoms with van der Waals surface area (Å²) in [5.41, 5.74) is 0.145. The number of fused-ring (bicyclic) bond motifs is 1. The maximum absolute atomic E-state index is 13.3. The zero-order valence-electron chi connectivity index (χ0n) is 13.1. The fourth-order valence-electron chi connectivity index (χ4n) is 3.29. The predicted molar refractivity (Wildman–Crippen MR) is 83.7 cm³/mol. The molecule has 1 atom stereocenters. The summed E-state index contributed by atoms with van der Waals surface area (Å²) in [5.74, 6) is -1.53. The fraction of sp³-hybridized carbons (Fsp3) is 0.412. The van der Waals surface area contributed by atoms with Crippen LogP contribution < -0.4 is 0 Å². The first-order valence-electron chi connectivity index (χ1n) is 7.64. The average Bonchev–Trinajstić information content (AvgIpc) is 3.10. The van der Waals surface area contributed by atoms with E-state index in [1.807, 2.05) is 13.8 Å². The van der Waals surface area contributed by atoms with Gasteiger partial charge in [-0.15, -0.1) is 0 Å². The minimum absolute atomic E-state index is 0.0605. The van der Waals surface area contributed by atoms with Crippen molar-refractivity contribution in [2.75, 3.05) is 13.1 Å². The van der Waals surface area contributed by atoms with Crippen LogP contribution in [0.5, 0.6) is 0 Å². The monoisotopic (exact) mass is 318 g/mol. The van der Waals surface area contributed by atoms with Crippen molar-refractivity contribution in [2.24, 2.45) is 11.3 Å². The number of amides is 1. The van der Waals surface area contributed by atoms with E-state index in [9.17, 15) is 19.1 Å². The molecule has 0 saturated carbocycles. The van der Waals surface area contributed by atoms with Crippen LogP contribution in [-0.2, 0) is 4.79 Å². The third-order valence-corrected chi connectivity index (χ3v) is 4.93. The van der Waals surface area contributed by atoms with E-state index in [0.717, 1.165) is 0 Å². The van der Waals surface area contributed by atoms with Crippen LogP contribution in [0.3, 0.4) is 0 Å². The third kappa shape index (κ3) is 2.48. The van der Waals surface area contributed by atoms with Gasteiger partial charge < -0.3 is 15.0 Å². The summed E-state index contributed by atoms with van der Waals surface area (Å²) >= 11 is 0. The van der Waals surface area contributed by atoms with E-state index < -0.39 is 11.4 Å². The molecule has 1 aromatic carbocycles. The first-order chi connectivity index (χ1) is 10.8. The molecule has 1 aliphatic rings. The van der Waals surface area contributed by atoms with E-state index in [2.05, 4.69) is 4.98 Å². The highest BCUT2D eigenvalue weighted by atomic mass is 19.1. The zero-order valence-corrected chi connectivity index (χ0v) is 13.1. The highest BCUT2D eigenvalue weighted by Gasteiger charge is 2.48. The summed E-state index contributed by atoms with van der Waals surface area (Å²) in [6.45, 7) is 4.34. The Morgan fingerprint density at radius 1 is 1.35 bits per heavy atom. The van der Waals surface area contributed by atoms with E-state index in [1.54, 1.807) is 17.0 Å². The lowest BCUT2D eigenvalue weighted by atomic mass is 9.76. The van der Waals surface area contributed by atoms with Crippen LogP contribution in [-0.4, -0.2) is 40.0 Å². The minimum atomic E-state index is -0.895. The summed E-state index contributed by atoms with van der Waals surface area (Å²) in [4.78, 5) is 28.8. The number of rotatable bonds is 3. The van der Waals surface area contributed by atoms with Crippen LogP contribution in [0.4, 0.5) is 4.39 Å². The molecule has 1 aromatic heterocycles. The minimum Gasteiger partial charge on any atom is -0.481 e. The van der Waals surface area contributed by atoms with Crippen LogP contribution in [0.25, 0.3) is 10.9 Å². The summed E-state index contributed by atoms with van der Waals surface area (Å²) in [6, 6.07) is 5.89. The second-order valence-electron chi connectivity index (χ2n) is 6.51. The number of likely N-dealkylation sites (tertiary alicyclic amines) is 1. The highest BCUT2D eigenvalue weighted by Crippen LogP contribution is 2.38. The molecule has 122 valence electrons. The van der Waals surface area contributed by atoms with E-state index in [4.69, 9.17) is 0 Å². The SMILES string of the molecule is CC(C)C1(C(=O)O)CCN(C(=O)c2cc3cc(F)ccc3[nH]2)C1. The molecule has 5 nitrogen and oxygen atoms in total. The number of aromatic nitrogens is 1. The van der Waals surface area contributed by atoms with Crippen LogP contribution in [0.2, 0.25) is 0 Å². The van der Waals surface area contributed by atoms with Gasteiger partial charge in [-0.05, 0) is 36.6 Å². The number of aliphatic carboxylic acids is 1. The molecule has 3 rings (SSSR count). The number of carboxylic acids is 1. The molecule has 0 aliphatic carbocycles. The summed E-state index contributed by atoms with van der Waals surface area (Å²) < 4.78 is 13.3.